The van der Waals surface area contributed by atoms with Gasteiger partial charge in [-0.25, -0.2) is 0 Å². The Balaban J connectivity index is 1.58. The fraction of sp³-hybridized carbons (Fsp3) is 0.222. The molecule has 0 saturated heterocycles. The van der Waals surface area contributed by atoms with Crippen LogP contribution in [0.25, 0.3) is 0 Å². The Hall–Kier alpha value is -3.36. The summed E-state index contributed by atoms with van der Waals surface area (Å²) < 4.78 is 34.7. The third-order valence-corrected chi connectivity index (χ3v) is 3.65. The van der Waals surface area contributed by atoms with E-state index in [9.17, 15) is 18.4 Å². The number of carbonyl (C=O) groups excluding carboxylic acids is 2. The molecule has 2 aromatic carbocycles. The fourth-order valence-electron chi connectivity index (χ4n) is 2.43. The van der Waals surface area contributed by atoms with Crippen molar-refractivity contribution in [3.63, 3.8) is 0 Å². The minimum Gasteiger partial charge on any atom is -0.395 e. The SMILES string of the molecule is CN(C)C(=O)c1cccc(NC(=O)CNc2ccc3c(c2)OC(F)(F)O3)c1. The van der Waals surface area contributed by atoms with Crippen LogP contribution in [-0.2, 0) is 4.79 Å². The molecule has 0 unspecified atom stereocenters. The molecule has 0 aliphatic carbocycles. The van der Waals surface area contributed by atoms with Crippen LogP contribution in [0.3, 0.4) is 0 Å². The Kier molecular flexibility index (Phi) is 4.85. The van der Waals surface area contributed by atoms with Crippen LogP contribution in [0.5, 0.6) is 11.5 Å². The normalized spacial score (nSPS) is 13.8. The second-order valence-electron chi connectivity index (χ2n) is 6.01. The van der Waals surface area contributed by atoms with E-state index in [-0.39, 0.29) is 29.9 Å². The molecule has 1 heterocycles. The first-order chi connectivity index (χ1) is 12.7. The average Bonchev–Trinajstić information content (AvgIpc) is 2.92. The van der Waals surface area contributed by atoms with Gasteiger partial charge in [-0.2, -0.15) is 0 Å². The van der Waals surface area contributed by atoms with E-state index in [2.05, 4.69) is 20.1 Å². The van der Waals surface area contributed by atoms with Crippen LogP contribution in [0.4, 0.5) is 20.2 Å². The standard InChI is InChI=1S/C18H17F2N3O4/c1-23(2)17(25)11-4-3-5-13(8-11)22-16(24)10-21-12-6-7-14-15(9-12)27-18(19,20)26-14/h3-9,21H,10H2,1-2H3,(H,22,24). The summed E-state index contributed by atoms with van der Waals surface area (Å²) in [5, 5.41) is 5.47. The highest BCUT2D eigenvalue weighted by Gasteiger charge is 2.43. The minimum absolute atomic E-state index is 0.0719. The molecule has 9 heteroatoms. The van der Waals surface area contributed by atoms with Gasteiger partial charge >= 0.3 is 6.29 Å². The second-order valence-corrected chi connectivity index (χ2v) is 6.01. The first-order valence-corrected chi connectivity index (χ1v) is 7.99. The van der Waals surface area contributed by atoms with Crippen molar-refractivity contribution in [3.8, 4) is 11.5 Å². The number of halogens is 2. The number of amides is 2. The summed E-state index contributed by atoms with van der Waals surface area (Å²) in [7, 11) is 3.28. The van der Waals surface area contributed by atoms with E-state index >= 15 is 0 Å². The van der Waals surface area contributed by atoms with Crippen molar-refractivity contribution in [2.24, 2.45) is 0 Å². The molecule has 0 aromatic heterocycles. The molecule has 2 N–H and O–H groups in total. The molecule has 0 saturated carbocycles. The van der Waals surface area contributed by atoms with Gasteiger partial charge in [-0.3, -0.25) is 9.59 Å². The van der Waals surface area contributed by atoms with Crippen molar-refractivity contribution in [2.75, 3.05) is 31.3 Å². The van der Waals surface area contributed by atoms with Crippen LogP contribution >= 0.6 is 0 Å². The molecule has 1 aliphatic heterocycles. The predicted octanol–water partition coefficient (Wildman–Crippen LogP) is 2.76. The summed E-state index contributed by atoms with van der Waals surface area (Å²) >= 11 is 0. The van der Waals surface area contributed by atoms with Gasteiger partial charge in [-0.15, -0.1) is 8.78 Å². The number of carbonyl (C=O) groups is 2. The van der Waals surface area contributed by atoms with Gasteiger partial charge in [0, 0.05) is 37.1 Å². The summed E-state index contributed by atoms with van der Waals surface area (Å²) in [6, 6.07) is 10.7. The van der Waals surface area contributed by atoms with Gasteiger partial charge in [0.1, 0.15) is 0 Å². The lowest BCUT2D eigenvalue weighted by molar-refractivity contribution is -0.286. The molecule has 0 fully saturated rings. The average molecular weight is 377 g/mol. The first-order valence-electron chi connectivity index (χ1n) is 7.99. The number of fused-ring (bicyclic) bond motifs is 1. The lowest BCUT2D eigenvalue weighted by atomic mass is 10.2. The van der Waals surface area contributed by atoms with Crippen molar-refractivity contribution in [2.45, 2.75) is 6.29 Å². The molecular weight excluding hydrogens is 360 g/mol. The van der Waals surface area contributed by atoms with Gasteiger partial charge in [0.15, 0.2) is 11.5 Å². The van der Waals surface area contributed by atoms with Crippen molar-refractivity contribution in [1.29, 1.82) is 0 Å². The van der Waals surface area contributed by atoms with Gasteiger partial charge in [0.2, 0.25) is 5.91 Å². The van der Waals surface area contributed by atoms with E-state index in [4.69, 9.17) is 0 Å². The number of rotatable bonds is 5. The minimum atomic E-state index is -3.69. The summed E-state index contributed by atoms with van der Waals surface area (Å²) in [5.41, 5.74) is 1.34. The molecule has 0 radical (unpaired) electrons. The van der Waals surface area contributed by atoms with Crippen LogP contribution in [0.2, 0.25) is 0 Å². The molecule has 0 atom stereocenters. The zero-order valence-corrected chi connectivity index (χ0v) is 14.6. The molecule has 3 rings (SSSR count). The third kappa shape index (κ3) is 4.43. The van der Waals surface area contributed by atoms with Gasteiger partial charge in [-0.1, -0.05) is 6.07 Å². The zero-order chi connectivity index (χ0) is 19.6. The number of ether oxygens (including phenoxy) is 2. The van der Waals surface area contributed by atoms with Crippen molar-refractivity contribution in [1.82, 2.24) is 4.90 Å². The van der Waals surface area contributed by atoms with Gasteiger partial charge in [0.25, 0.3) is 5.91 Å². The number of nitrogens with zero attached hydrogens (tertiary/aromatic N) is 1. The molecule has 2 aromatic rings. The fourth-order valence-corrected chi connectivity index (χ4v) is 2.43. The van der Waals surface area contributed by atoms with E-state index in [0.717, 1.165) is 0 Å². The Labute approximate surface area is 153 Å². The maximum atomic E-state index is 13.0. The second kappa shape index (κ2) is 7.10. The van der Waals surface area contributed by atoms with Crippen LogP contribution < -0.4 is 20.1 Å². The summed E-state index contributed by atoms with van der Waals surface area (Å²) in [6.45, 7) is -0.109. The number of nitrogens with one attached hydrogen (secondary N) is 2. The molecule has 0 spiro atoms. The molecule has 2 amide bonds. The van der Waals surface area contributed by atoms with Crippen molar-refractivity contribution >= 4 is 23.2 Å². The van der Waals surface area contributed by atoms with Crippen LogP contribution in [-0.4, -0.2) is 43.6 Å². The van der Waals surface area contributed by atoms with Crippen LogP contribution in [0, 0.1) is 0 Å². The predicted molar refractivity (Wildman–Crippen MR) is 94.2 cm³/mol. The third-order valence-electron chi connectivity index (χ3n) is 3.65. The van der Waals surface area contributed by atoms with Gasteiger partial charge < -0.3 is 25.0 Å². The van der Waals surface area contributed by atoms with E-state index in [0.29, 0.717) is 16.9 Å². The number of hydrogen-bond acceptors (Lipinski definition) is 5. The Morgan fingerprint density at radius 2 is 1.78 bits per heavy atom. The van der Waals surface area contributed by atoms with E-state index in [1.54, 1.807) is 38.4 Å². The first kappa shape index (κ1) is 18.4. The number of benzene rings is 2. The maximum Gasteiger partial charge on any atom is 0.586 e. The topological polar surface area (TPSA) is 79.9 Å². The molecular formula is C18H17F2N3O4. The van der Waals surface area contributed by atoms with E-state index in [1.807, 2.05) is 0 Å². The van der Waals surface area contributed by atoms with E-state index in [1.165, 1.54) is 23.1 Å². The Morgan fingerprint density at radius 3 is 2.52 bits per heavy atom. The summed E-state index contributed by atoms with van der Waals surface area (Å²) in [4.78, 5) is 25.5. The zero-order valence-electron chi connectivity index (χ0n) is 14.6. The summed E-state index contributed by atoms with van der Waals surface area (Å²) in [5.74, 6) is -0.730. The highest BCUT2D eigenvalue weighted by atomic mass is 19.3. The molecule has 0 bridgehead atoms. The number of anilines is 2. The van der Waals surface area contributed by atoms with Crippen LogP contribution in [0.15, 0.2) is 42.5 Å². The van der Waals surface area contributed by atoms with Crippen molar-refractivity contribution in [3.05, 3.63) is 48.0 Å². The van der Waals surface area contributed by atoms with Gasteiger partial charge in [0.05, 0.1) is 6.54 Å². The monoisotopic (exact) mass is 377 g/mol. The molecule has 142 valence electrons. The van der Waals surface area contributed by atoms with Crippen LogP contribution in [0.1, 0.15) is 10.4 Å². The van der Waals surface area contributed by atoms with Crippen molar-refractivity contribution < 1.29 is 27.8 Å². The molecule has 7 nitrogen and oxygen atoms in total. The lowest BCUT2D eigenvalue weighted by Crippen LogP contribution is -2.25. The Morgan fingerprint density at radius 1 is 1.04 bits per heavy atom. The van der Waals surface area contributed by atoms with E-state index < -0.39 is 6.29 Å². The summed E-state index contributed by atoms with van der Waals surface area (Å²) in [6.07, 6.45) is -3.69. The smallest absolute Gasteiger partial charge is 0.395 e. The number of alkyl halides is 2. The number of hydrogen-bond donors (Lipinski definition) is 2. The largest absolute Gasteiger partial charge is 0.586 e. The Bertz CT molecular complexity index is 887. The lowest BCUT2D eigenvalue weighted by Gasteiger charge is -2.12. The van der Waals surface area contributed by atoms with Gasteiger partial charge in [-0.05, 0) is 30.3 Å². The quantitative estimate of drug-likeness (QED) is 0.838. The highest BCUT2D eigenvalue weighted by molar-refractivity contribution is 5.97. The highest BCUT2D eigenvalue weighted by Crippen LogP contribution is 2.42. The molecule has 27 heavy (non-hydrogen) atoms. The molecule has 1 aliphatic rings. The maximum absolute atomic E-state index is 13.0.